The highest BCUT2D eigenvalue weighted by Crippen LogP contribution is 2.30. The van der Waals surface area contributed by atoms with Crippen LogP contribution in [0.5, 0.6) is 11.5 Å². The zero-order valence-electron chi connectivity index (χ0n) is 17.5. The van der Waals surface area contributed by atoms with Crippen molar-refractivity contribution in [3.05, 3.63) is 72.0 Å². The molecule has 2 aromatic carbocycles. The van der Waals surface area contributed by atoms with Gasteiger partial charge in [0.25, 0.3) is 0 Å². The van der Waals surface area contributed by atoms with Crippen molar-refractivity contribution in [1.82, 2.24) is 4.90 Å². The number of alkyl halides is 2. The Balaban J connectivity index is 1.57. The summed E-state index contributed by atoms with van der Waals surface area (Å²) in [5, 5.41) is 0. The number of halogens is 2. The normalized spacial score (nSPS) is 10.9. The lowest BCUT2D eigenvalue weighted by molar-refractivity contribution is -0.130. The van der Waals surface area contributed by atoms with Crippen LogP contribution >= 0.6 is 0 Å². The van der Waals surface area contributed by atoms with E-state index in [1.807, 2.05) is 42.5 Å². The number of benzene rings is 2. The maximum absolute atomic E-state index is 12.5. The van der Waals surface area contributed by atoms with Crippen LogP contribution in [0.1, 0.15) is 24.7 Å². The van der Waals surface area contributed by atoms with Crippen LogP contribution in [0, 0.1) is 0 Å². The number of carbonyl (C=O) groups excluding carboxylic acids is 1. The van der Waals surface area contributed by atoms with Crippen LogP contribution in [0.15, 0.2) is 65.1 Å². The van der Waals surface area contributed by atoms with Crippen molar-refractivity contribution in [3.8, 4) is 22.8 Å². The van der Waals surface area contributed by atoms with Crippen LogP contribution < -0.4 is 9.47 Å². The molecule has 0 saturated carbocycles. The second kappa shape index (κ2) is 10.6. The molecule has 0 aliphatic carbocycles. The van der Waals surface area contributed by atoms with E-state index >= 15 is 0 Å². The van der Waals surface area contributed by atoms with Crippen LogP contribution in [0.3, 0.4) is 0 Å². The Morgan fingerprint density at radius 3 is 2.55 bits per heavy atom. The van der Waals surface area contributed by atoms with Gasteiger partial charge in [-0.15, -0.1) is 0 Å². The molecule has 1 aromatic heterocycles. The van der Waals surface area contributed by atoms with Crippen molar-refractivity contribution in [2.24, 2.45) is 0 Å². The molecule has 0 saturated heterocycles. The molecule has 0 N–H and O–H groups in total. The molecule has 31 heavy (non-hydrogen) atoms. The molecular formula is C24H25F2NO4. The molecule has 0 aliphatic rings. The molecule has 1 amide bonds. The predicted octanol–water partition coefficient (Wildman–Crippen LogP) is 5.54. The van der Waals surface area contributed by atoms with Gasteiger partial charge in [0.15, 0.2) is 11.5 Å². The molecule has 0 unspecified atom stereocenters. The number of furan rings is 1. The van der Waals surface area contributed by atoms with Crippen molar-refractivity contribution in [1.29, 1.82) is 0 Å². The summed E-state index contributed by atoms with van der Waals surface area (Å²) < 4.78 is 40.8. The Hall–Kier alpha value is -3.35. The summed E-state index contributed by atoms with van der Waals surface area (Å²) in [4.78, 5) is 14.1. The first-order valence-electron chi connectivity index (χ1n) is 10.0. The van der Waals surface area contributed by atoms with E-state index in [-0.39, 0.29) is 17.4 Å². The summed E-state index contributed by atoms with van der Waals surface area (Å²) in [6.45, 7) is -0.544. The molecule has 7 heteroatoms. The van der Waals surface area contributed by atoms with Gasteiger partial charge in [0.1, 0.15) is 11.5 Å². The number of ether oxygens (including phenoxy) is 2. The topological polar surface area (TPSA) is 51.9 Å². The van der Waals surface area contributed by atoms with Crippen LogP contribution in [-0.2, 0) is 17.8 Å². The monoisotopic (exact) mass is 429 g/mol. The number of rotatable bonds is 10. The first kappa shape index (κ1) is 22.3. The molecule has 0 fully saturated rings. The molecule has 5 nitrogen and oxygen atoms in total. The fourth-order valence-corrected chi connectivity index (χ4v) is 3.17. The Morgan fingerprint density at radius 2 is 1.84 bits per heavy atom. The van der Waals surface area contributed by atoms with Crippen molar-refractivity contribution < 1.29 is 27.5 Å². The van der Waals surface area contributed by atoms with Gasteiger partial charge in [0, 0.05) is 32.0 Å². The minimum atomic E-state index is -2.93. The van der Waals surface area contributed by atoms with Gasteiger partial charge in [-0.2, -0.15) is 8.78 Å². The van der Waals surface area contributed by atoms with Gasteiger partial charge in [0.05, 0.1) is 6.61 Å². The van der Waals surface area contributed by atoms with Crippen LogP contribution in [0.25, 0.3) is 11.3 Å². The van der Waals surface area contributed by atoms with Crippen molar-refractivity contribution in [3.63, 3.8) is 0 Å². The average Bonchev–Trinajstić information content (AvgIpc) is 3.23. The number of nitrogens with zero attached hydrogens (tertiary/aromatic N) is 1. The second-order valence-corrected chi connectivity index (χ2v) is 6.97. The summed E-state index contributed by atoms with van der Waals surface area (Å²) in [6, 6.07) is 18.2. The Morgan fingerprint density at radius 1 is 1.06 bits per heavy atom. The van der Waals surface area contributed by atoms with Crippen molar-refractivity contribution in [2.75, 3.05) is 13.7 Å². The van der Waals surface area contributed by atoms with E-state index in [0.717, 1.165) is 22.6 Å². The third kappa shape index (κ3) is 6.31. The largest absolute Gasteiger partial charge is 0.490 e. The highest BCUT2D eigenvalue weighted by molar-refractivity contribution is 5.76. The second-order valence-electron chi connectivity index (χ2n) is 6.97. The van der Waals surface area contributed by atoms with Gasteiger partial charge >= 0.3 is 6.61 Å². The highest BCUT2D eigenvalue weighted by Gasteiger charge is 2.15. The molecule has 0 spiro atoms. The van der Waals surface area contributed by atoms with Gasteiger partial charge in [-0.3, -0.25) is 4.79 Å². The molecule has 0 radical (unpaired) electrons. The Labute approximate surface area is 180 Å². The molecule has 3 rings (SSSR count). The van der Waals surface area contributed by atoms with Gasteiger partial charge in [0.2, 0.25) is 5.91 Å². The quantitative estimate of drug-likeness (QED) is 0.425. The number of amides is 1. The van der Waals surface area contributed by atoms with Gasteiger partial charge in [-0.1, -0.05) is 36.4 Å². The minimum Gasteiger partial charge on any atom is -0.490 e. The maximum Gasteiger partial charge on any atom is 0.387 e. The summed E-state index contributed by atoms with van der Waals surface area (Å²) in [6.07, 6.45) is 0.782. The highest BCUT2D eigenvalue weighted by atomic mass is 19.3. The molecule has 1 heterocycles. The number of hydrogen-bond acceptors (Lipinski definition) is 4. The van der Waals surface area contributed by atoms with Gasteiger partial charge in [-0.25, -0.2) is 0 Å². The smallest absolute Gasteiger partial charge is 0.387 e. The molecule has 0 aliphatic heterocycles. The summed E-state index contributed by atoms with van der Waals surface area (Å²) in [7, 11) is 1.70. The first-order chi connectivity index (χ1) is 15.0. The lowest BCUT2D eigenvalue weighted by Crippen LogP contribution is -2.26. The van der Waals surface area contributed by atoms with Crippen molar-refractivity contribution in [2.45, 2.75) is 32.9 Å². The number of hydrogen-bond donors (Lipinski definition) is 0. The van der Waals surface area contributed by atoms with E-state index in [1.54, 1.807) is 31.0 Å². The number of carbonyl (C=O) groups is 1. The predicted molar refractivity (Wildman–Crippen MR) is 113 cm³/mol. The fraction of sp³-hybridized carbons (Fsp3) is 0.292. The standard InChI is InChI=1S/C24H25F2NO4/c1-3-29-22-15-17(9-12-21(22)31-24(25)26)16-27(2)23(28)14-11-19-10-13-20(30-19)18-7-5-4-6-8-18/h4-10,12-13,15,24H,3,11,14,16H2,1-2H3. The zero-order chi connectivity index (χ0) is 22.2. The van der Waals surface area contributed by atoms with E-state index in [0.29, 0.717) is 26.0 Å². The Bertz CT molecular complexity index is 988. The SMILES string of the molecule is CCOc1cc(CN(C)C(=O)CCc2ccc(-c3ccccc3)o2)ccc1OC(F)F. The summed E-state index contributed by atoms with van der Waals surface area (Å²) in [5.41, 5.74) is 1.74. The van der Waals surface area contributed by atoms with E-state index in [9.17, 15) is 13.6 Å². The molecule has 0 atom stereocenters. The minimum absolute atomic E-state index is 0.0263. The first-order valence-corrected chi connectivity index (χ1v) is 10.0. The van der Waals surface area contributed by atoms with E-state index in [2.05, 4.69) is 4.74 Å². The summed E-state index contributed by atoms with van der Waals surface area (Å²) >= 11 is 0. The zero-order valence-corrected chi connectivity index (χ0v) is 17.5. The van der Waals surface area contributed by atoms with Crippen LogP contribution in [0.4, 0.5) is 8.78 Å². The fourth-order valence-electron chi connectivity index (χ4n) is 3.17. The molecule has 3 aromatic rings. The maximum atomic E-state index is 12.5. The van der Waals surface area contributed by atoms with E-state index in [1.165, 1.54) is 6.07 Å². The number of aryl methyl sites for hydroxylation is 1. The molecule has 0 bridgehead atoms. The van der Waals surface area contributed by atoms with Crippen LogP contribution in [-0.4, -0.2) is 31.1 Å². The van der Waals surface area contributed by atoms with Crippen LogP contribution in [0.2, 0.25) is 0 Å². The Kier molecular flexibility index (Phi) is 7.65. The van der Waals surface area contributed by atoms with E-state index < -0.39 is 6.61 Å². The molecular weight excluding hydrogens is 404 g/mol. The average molecular weight is 429 g/mol. The third-order valence-electron chi connectivity index (χ3n) is 4.67. The van der Waals surface area contributed by atoms with E-state index in [4.69, 9.17) is 9.15 Å². The van der Waals surface area contributed by atoms with Gasteiger partial charge in [-0.05, 0) is 36.8 Å². The lowest BCUT2D eigenvalue weighted by Gasteiger charge is -2.18. The van der Waals surface area contributed by atoms with Gasteiger partial charge < -0.3 is 18.8 Å². The van der Waals surface area contributed by atoms with Crippen molar-refractivity contribution >= 4 is 5.91 Å². The molecule has 164 valence electrons. The third-order valence-corrected chi connectivity index (χ3v) is 4.67. The summed E-state index contributed by atoms with van der Waals surface area (Å²) in [5.74, 6) is 1.66. The lowest BCUT2D eigenvalue weighted by atomic mass is 10.1.